The number of amides is 1. The Hall–Kier alpha value is -3.60. The van der Waals surface area contributed by atoms with Gasteiger partial charge in [0.25, 0.3) is 0 Å². The van der Waals surface area contributed by atoms with Crippen molar-refractivity contribution in [3.05, 3.63) is 24.5 Å². The molecule has 11 nitrogen and oxygen atoms in total. The molecule has 1 atom stereocenters. The molecule has 202 valence electrons. The number of aromatic amines is 1. The van der Waals surface area contributed by atoms with Gasteiger partial charge < -0.3 is 34.9 Å². The van der Waals surface area contributed by atoms with Crippen molar-refractivity contribution in [1.29, 1.82) is 0 Å². The summed E-state index contributed by atoms with van der Waals surface area (Å²) in [6, 6.07) is 6.50. The number of hydrogen-bond donors (Lipinski definition) is 3. The Morgan fingerprint density at radius 1 is 1.11 bits per heavy atom. The van der Waals surface area contributed by atoms with Crippen molar-refractivity contribution in [3.63, 3.8) is 0 Å². The molecule has 2 aromatic heterocycles. The normalized spacial score (nSPS) is 20.6. The molecule has 1 amide bonds. The van der Waals surface area contributed by atoms with E-state index >= 15 is 0 Å². The van der Waals surface area contributed by atoms with Crippen molar-refractivity contribution in [2.24, 2.45) is 5.92 Å². The van der Waals surface area contributed by atoms with Gasteiger partial charge in [-0.05, 0) is 31.4 Å². The summed E-state index contributed by atoms with van der Waals surface area (Å²) >= 11 is 0. The summed E-state index contributed by atoms with van der Waals surface area (Å²) in [4.78, 5) is 34.0. The lowest BCUT2D eigenvalue weighted by Crippen LogP contribution is -2.50. The van der Waals surface area contributed by atoms with Gasteiger partial charge >= 0.3 is 0 Å². The zero-order chi connectivity index (χ0) is 25.9. The van der Waals surface area contributed by atoms with Crippen LogP contribution >= 0.6 is 0 Å². The van der Waals surface area contributed by atoms with E-state index in [1.165, 1.54) is 19.3 Å². The Morgan fingerprint density at radius 2 is 1.95 bits per heavy atom. The molecule has 2 saturated heterocycles. The fourth-order valence-electron chi connectivity index (χ4n) is 5.71. The van der Waals surface area contributed by atoms with Crippen LogP contribution in [-0.4, -0.2) is 83.3 Å². The molecular weight excluding hydrogens is 484 g/mol. The minimum atomic E-state index is 0.0216. The topological polar surface area (TPSA) is 121 Å². The second-order valence-electron chi connectivity index (χ2n) is 10.4. The maximum atomic E-state index is 12.7. The monoisotopic (exact) mass is 520 g/mol. The molecule has 6 rings (SSSR count). The number of H-pyrrole nitrogens is 1. The molecule has 3 aromatic rings. The number of benzene rings is 1. The van der Waals surface area contributed by atoms with Gasteiger partial charge in [-0.25, -0.2) is 4.98 Å². The van der Waals surface area contributed by atoms with Gasteiger partial charge in [-0.3, -0.25) is 4.79 Å². The molecule has 0 spiro atoms. The fraction of sp³-hybridized carbons (Fsp3) is 0.556. The van der Waals surface area contributed by atoms with Crippen LogP contribution in [0, 0.1) is 5.92 Å². The molecule has 38 heavy (non-hydrogen) atoms. The van der Waals surface area contributed by atoms with E-state index in [4.69, 9.17) is 14.5 Å². The number of anilines is 4. The minimum Gasteiger partial charge on any atom is -0.494 e. The van der Waals surface area contributed by atoms with Crippen LogP contribution in [0.5, 0.6) is 5.75 Å². The van der Waals surface area contributed by atoms with Crippen LogP contribution in [-0.2, 0) is 9.53 Å². The van der Waals surface area contributed by atoms with E-state index in [2.05, 4.69) is 36.6 Å². The Labute approximate surface area is 222 Å². The second-order valence-corrected chi connectivity index (χ2v) is 10.4. The van der Waals surface area contributed by atoms with Gasteiger partial charge in [0.15, 0.2) is 11.5 Å². The molecule has 1 unspecified atom stereocenters. The highest BCUT2D eigenvalue weighted by Crippen LogP contribution is 2.33. The molecule has 0 radical (unpaired) electrons. The van der Waals surface area contributed by atoms with E-state index in [1.807, 2.05) is 17.0 Å². The van der Waals surface area contributed by atoms with E-state index in [9.17, 15) is 4.79 Å². The van der Waals surface area contributed by atoms with E-state index in [-0.39, 0.29) is 11.8 Å². The molecule has 1 saturated carbocycles. The number of carbonyl (C=O) groups is 1. The summed E-state index contributed by atoms with van der Waals surface area (Å²) in [7, 11) is 1.67. The number of piperazine rings is 1. The summed E-state index contributed by atoms with van der Waals surface area (Å²) in [5, 5.41) is 6.95. The number of fused-ring (bicyclic) bond motifs is 1. The Kier molecular flexibility index (Phi) is 7.17. The molecule has 4 heterocycles. The first-order valence-corrected chi connectivity index (χ1v) is 13.7. The predicted octanol–water partition coefficient (Wildman–Crippen LogP) is 3.53. The average Bonchev–Trinajstić information content (AvgIpc) is 3.67. The standard InChI is InChI=1S/C27H36N8O3/c1-37-22-15-20(34-10-12-35(13-11-34)26(36)18-9-14-38-16-18)7-8-21(22)31-27-32-24-23(28-17-29-24)25(33-27)30-19-5-3-2-4-6-19/h7-8,15,17-19H,2-6,9-14,16H2,1H3,(H3,28,29,30,31,32,33). The van der Waals surface area contributed by atoms with E-state index in [0.29, 0.717) is 49.7 Å². The molecule has 3 N–H and O–H groups in total. The minimum absolute atomic E-state index is 0.0216. The molecule has 3 aliphatic rings. The quantitative estimate of drug-likeness (QED) is 0.430. The Balaban J connectivity index is 1.15. The number of ether oxygens (including phenoxy) is 2. The molecule has 1 aromatic carbocycles. The van der Waals surface area contributed by atoms with Gasteiger partial charge in [-0.15, -0.1) is 0 Å². The Bertz CT molecular complexity index is 1260. The maximum absolute atomic E-state index is 12.7. The van der Waals surface area contributed by atoms with Crippen LogP contribution in [0.15, 0.2) is 24.5 Å². The van der Waals surface area contributed by atoms with Crippen molar-refractivity contribution in [1.82, 2.24) is 24.8 Å². The number of nitrogens with one attached hydrogen (secondary N) is 3. The van der Waals surface area contributed by atoms with Crippen LogP contribution in [0.3, 0.4) is 0 Å². The van der Waals surface area contributed by atoms with Gasteiger partial charge in [0, 0.05) is 50.6 Å². The van der Waals surface area contributed by atoms with Gasteiger partial charge in [0.1, 0.15) is 11.3 Å². The predicted molar refractivity (Wildman–Crippen MR) is 146 cm³/mol. The number of aromatic nitrogens is 4. The number of nitrogens with zero attached hydrogens (tertiary/aromatic N) is 5. The highest BCUT2D eigenvalue weighted by molar-refractivity contribution is 5.84. The third-order valence-electron chi connectivity index (χ3n) is 7.90. The summed E-state index contributed by atoms with van der Waals surface area (Å²) in [5.74, 6) is 2.20. The summed E-state index contributed by atoms with van der Waals surface area (Å²) in [5.41, 5.74) is 3.28. The van der Waals surface area contributed by atoms with Crippen LogP contribution < -0.4 is 20.3 Å². The van der Waals surface area contributed by atoms with E-state index in [0.717, 1.165) is 55.1 Å². The lowest BCUT2D eigenvalue weighted by molar-refractivity contribution is -0.135. The molecular formula is C27H36N8O3. The van der Waals surface area contributed by atoms with Crippen molar-refractivity contribution in [2.75, 3.05) is 62.0 Å². The first-order valence-electron chi connectivity index (χ1n) is 13.7. The number of carbonyl (C=O) groups excluding carboxylic acids is 1. The number of methoxy groups -OCH3 is 1. The van der Waals surface area contributed by atoms with Gasteiger partial charge in [-0.2, -0.15) is 9.97 Å². The van der Waals surface area contributed by atoms with Crippen LogP contribution in [0.1, 0.15) is 38.5 Å². The third kappa shape index (κ3) is 5.20. The first-order chi connectivity index (χ1) is 18.7. The van der Waals surface area contributed by atoms with Crippen molar-refractivity contribution < 1.29 is 14.3 Å². The first kappa shape index (κ1) is 24.7. The highest BCUT2D eigenvalue weighted by atomic mass is 16.5. The van der Waals surface area contributed by atoms with E-state index < -0.39 is 0 Å². The van der Waals surface area contributed by atoms with Gasteiger partial charge in [0.2, 0.25) is 11.9 Å². The number of hydrogen-bond acceptors (Lipinski definition) is 9. The Morgan fingerprint density at radius 3 is 2.71 bits per heavy atom. The molecule has 3 fully saturated rings. The number of imidazole rings is 1. The summed E-state index contributed by atoms with van der Waals surface area (Å²) in [6.45, 7) is 4.24. The SMILES string of the molecule is COc1cc(N2CCN(C(=O)C3CCOC3)CC2)ccc1Nc1nc(NC2CCCCC2)c2[nH]cnc2n1. The van der Waals surface area contributed by atoms with E-state index in [1.54, 1.807) is 13.4 Å². The lowest BCUT2D eigenvalue weighted by atomic mass is 9.95. The van der Waals surface area contributed by atoms with Crippen molar-refractivity contribution in [2.45, 2.75) is 44.6 Å². The zero-order valence-corrected chi connectivity index (χ0v) is 21.9. The largest absolute Gasteiger partial charge is 0.494 e. The number of rotatable bonds is 7. The average molecular weight is 521 g/mol. The van der Waals surface area contributed by atoms with Gasteiger partial charge in [0.05, 0.1) is 31.6 Å². The van der Waals surface area contributed by atoms with Crippen molar-refractivity contribution in [3.8, 4) is 5.75 Å². The smallest absolute Gasteiger partial charge is 0.231 e. The van der Waals surface area contributed by atoms with Crippen molar-refractivity contribution >= 4 is 40.2 Å². The second kappa shape index (κ2) is 11.0. The molecule has 11 heteroatoms. The lowest BCUT2D eigenvalue weighted by Gasteiger charge is -2.37. The molecule has 0 bridgehead atoms. The third-order valence-corrected chi connectivity index (χ3v) is 7.90. The maximum Gasteiger partial charge on any atom is 0.231 e. The summed E-state index contributed by atoms with van der Waals surface area (Å²) < 4.78 is 11.1. The fourth-order valence-corrected chi connectivity index (χ4v) is 5.71. The zero-order valence-electron chi connectivity index (χ0n) is 21.9. The van der Waals surface area contributed by atoms with Gasteiger partial charge in [-0.1, -0.05) is 19.3 Å². The van der Waals surface area contributed by atoms with Crippen LogP contribution in [0.4, 0.5) is 23.1 Å². The molecule has 2 aliphatic heterocycles. The molecule has 1 aliphatic carbocycles. The highest BCUT2D eigenvalue weighted by Gasteiger charge is 2.30. The van der Waals surface area contributed by atoms with Crippen LogP contribution in [0.2, 0.25) is 0 Å². The summed E-state index contributed by atoms with van der Waals surface area (Å²) in [6.07, 6.45) is 8.56. The van der Waals surface area contributed by atoms with Crippen LogP contribution in [0.25, 0.3) is 11.2 Å².